The summed E-state index contributed by atoms with van der Waals surface area (Å²) in [5.74, 6) is -0.775. The zero-order chi connectivity index (χ0) is 18.0. The third kappa shape index (κ3) is 3.31. The van der Waals surface area contributed by atoms with E-state index in [-0.39, 0.29) is 16.0 Å². The maximum Gasteiger partial charge on any atom is 0.295 e. The van der Waals surface area contributed by atoms with Gasteiger partial charge in [0.2, 0.25) is 5.91 Å². The number of amides is 1. The molecule has 0 atom stereocenters. The van der Waals surface area contributed by atoms with Crippen LogP contribution in [-0.2, 0) is 10.1 Å². The summed E-state index contributed by atoms with van der Waals surface area (Å²) in [4.78, 5) is 11.5. The van der Waals surface area contributed by atoms with Crippen LogP contribution < -0.4 is 5.73 Å². The molecule has 3 aromatic carbocycles. The largest absolute Gasteiger partial charge is 0.366 e. The Bertz CT molecular complexity index is 1030. The lowest BCUT2D eigenvalue weighted by Gasteiger charge is -2.16. The Morgan fingerprint density at radius 3 is 1.80 bits per heavy atom. The molecule has 1 amide bonds. The van der Waals surface area contributed by atoms with E-state index in [1.165, 1.54) is 12.1 Å². The molecule has 25 heavy (non-hydrogen) atoms. The van der Waals surface area contributed by atoms with E-state index in [0.717, 1.165) is 0 Å². The van der Waals surface area contributed by atoms with Crippen LogP contribution in [0.1, 0.15) is 10.4 Å². The predicted octanol–water partition coefficient (Wildman–Crippen LogP) is 3.37. The summed E-state index contributed by atoms with van der Waals surface area (Å²) in [7, 11) is -4.62. The third-order valence-electron chi connectivity index (χ3n) is 3.83. The van der Waals surface area contributed by atoms with Gasteiger partial charge in [0.05, 0.1) is 0 Å². The molecular formula is C19H15NO4S. The molecule has 0 aliphatic rings. The quantitative estimate of drug-likeness (QED) is 0.703. The minimum Gasteiger partial charge on any atom is -0.366 e. The highest BCUT2D eigenvalue weighted by Crippen LogP contribution is 2.38. The maximum absolute atomic E-state index is 12.2. The van der Waals surface area contributed by atoms with E-state index in [4.69, 9.17) is 5.73 Å². The molecule has 3 rings (SSSR count). The van der Waals surface area contributed by atoms with E-state index in [2.05, 4.69) is 0 Å². The topological polar surface area (TPSA) is 97.5 Å². The molecular weight excluding hydrogens is 338 g/mol. The zero-order valence-electron chi connectivity index (χ0n) is 13.1. The third-order valence-corrected chi connectivity index (χ3v) is 4.77. The number of benzene rings is 3. The van der Waals surface area contributed by atoms with Crippen LogP contribution in [0.2, 0.25) is 0 Å². The molecule has 3 aromatic rings. The van der Waals surface area contributed by atoms with Crippen LogP contribution in [0.5, 0.6) is 0 Å². The molecule has 0 bridgehead atoms. The van der Waals surface area contributed by atoms with Crippen LogP contribution in [0.3, 0.4) is 0 Å². The van der Waals surface area contributed by atoms with E-state index < -0.39 is 16.0 Å². The van der Waals surface area contributed by atoms with Gasteiger partial charge in [0, 0.05) is 16.7 Å². The second-order valence-electron chi connectivity index (χ2n) is 5.44. The molecule has 3 N–H and O–H groups in total. The second kappa shape index (κ2) is 6.51. The highest BCUT2D eigenvalue weighted by Gasteiger charge is 2.26. The fraction of sp³-hybridized carbons (Fsp3) is 0. The first-order valence-corrected chi connectivity index (χ1v) is 8.88. The molecule has 0 unspecified atom stereocenters. The van der Waals surface area contributed by atoms with Gasteiger partial charge < -0.3 is 5.73 Å². The van der Waals surface area contributed by atoms with Gasteiger partial charge in [-0.15, -0.1) is 0 Å². The molecule has 0 saturated carbocycles. The first kappa shape index (κ1) is 16.9. The molecule has 0 heterocycles. The van der Waals surface area contributed by atoms with Crippen molar-refractivity contribution in [1.82, 2.24) is 0 Å². The highest BCUT2D eigenvalue weighted by atomic mass is 32.2. The lowest BCUT2D eigenvalue weighted by Crippen LogP contribution is -2.15. The van der Waals surface area contributed by atoms with Gasteiger partial charge >= 0.3 is 0 Å². The molecule has 0 aliphatic heterocycles. The smallest absolute Gasteiger partial charge is 0.295 e. The normalized spacial score (nSPS) is 11.2. The van der Waals surface area contributed by atoms with Crippen molar-refractivity contribution in [3.8, 4) is 22.3 Å². The molecule has 5 nitrogen and oxygen atoms in total. The van der Waals surface area contributed by atoms with E-state index in [0.29, 0.717) is 16.7 Å². The molecule has 0 aromatic heterocycles. The Balaban J connectivity index is 2.48. The van der Waals surface area contributed by atoms with Crippen LogP contribution in [0.15, 0.2) is 77.7 Å². The predicted molar refractivity (Wildman–Crippen MR) is 95.6 cm³/mol. The Hall–Kier alpha value is -2.96. The lowest BCUT2D eigenvalue weighted by molar-refractivity contribution is 0.100. The summed E-state index contributed by atoms with van der Waals surface area (Å²) in [5, 5.41) is 0. The SMILES string of the molecule is NC(=O)c1ccc(-c2ccccc2)c(S(=O)(=O)O)c1-c1ccccc1. The van der Waals surface area contributed by atoms with Gasteiger partial charge in [0.25, 0.3) is 10.1 Å². The van der Waals surface area contributed by atoms with Gasteiger partial charge in [0.15, 0.2) is 0 Å². The molecule has 0 saturated heterocycles. The molecule has 0 aliphatic carbocycles. The second-order valence-corrected chi connectivity index (χ2v) is 6.79. The molecule has 0 radical (unpaired) electrons. The maximum atomic E-state index is 12.2. The number of hydrogen-bond donors (Lipinski definition) is 2. The van der Waals surface area contributed by atoms with E-state index in [1.807, 2.05) is 0 Å². The zero-order valence-corrected chi connectivity index (χ0v) is 13.9. The minimum absolute atomic E-state index is 0.0264. The monoisotopic (exact) mass is 353 g/mol. The van der Waals surface area contributed by atoms with Crippen molar-refractivity contribution in [1.29, 1.82) is 0 Å². The standard InChI is InChI=1S/C19H15NO4S/c20-19(21)16-12-11-15(13-7-3-1-4-8-13)18(25(22,23)24)17(16)14-9-5-2-6-10-14/h1-12H,(H2,20,21)(H,22,23,24). The number of carbonyl (C=O) groups excluding carboxylic acids is 1. The van der Waals surface area contributed by atoms with Crippen molar-refractivity contribution in [2.75, 3.05) is 0 Å². The minimum atomic E-state index is -4.62. The van der Waals surface area contributed by atoms with E-state index >= 15 is 0 Å². The van der Waals surface area contributed by atoms with Gasteiger partial charge in [-0.2, -0.15) is 8.42 Å². The van der Waals surface area contributed by atoms with Crippen molar-refractivity contribution >= 4 is 16.0 Å². The van der Waals surface area contributed by atoms with Crippen LogP contribution >= 0.6 is 0 Å². The van der Waals surface area contributed by atoms with Crippen LogP contribution in [0, 0.1) is 0 Å². The van der Waals surface area contributed by atoms with Gasteiger partial charge in [-0.1, -0.05) is 66.7 Å². The Labute approximate surface area is 145 Å². The Morgan fingerprint density at radius 2 is 1.32 bits per heavy atom. The summed E-state index contributed by atoms with van der Waals surface area (Å²) < 4.78 is 34.3. The fourth-order valence-electron chi connectivity index (χ4n) is 2.79. The first-order valence-electron chi connectivity index (χ1n) is 7.44. The summed E-state index contributed by atoms with van der Waals surface area (Å²) in [6.45, 7) is 0. The molecule has 0 spiro atoms. The van der Waals surface area contributed by atoms with Gasteiger partial charge in [-0.3, -0.25) is 9.35 Å². The number of carbonyl (C=O) groups is 1. The van der Waals surface area contributed by atoms with Crippen molar-refractivity contribution in [2.45, 2.75) is 4.90 Å². The van der Waals surface area contributed by atoms with E-state index in [1.54, 1.807) is 60.7 Å². The molecule has 0 fully saturated rings. The lowest BCUT2D eigenvalue weighted by atomic mass is 9.94. The summed E-state index contributed by atoms with van der Waals surface area (Å²) >= 11 is 0. The average Bonchev–Trinajstić information content (AvgIpc) is 2.61. The summed E-state index contributed by atoms with van der Waals surface area (Å²) in [5.41, 5.74) is 6.93. The van der Waals surface area contributed by atoms with Crippen molar-refractivity contribution in [3.05, 3.63) is 78.4 Å². The Kier molecular flexibility index (Phi) is 4.39. The van der Waals surface area contributed by atoms with Crippen LogP contribution in [-0.4, -0.2) is 18.9 Å². The van der Waals surface area contributed by atoms with Gasteiger partial charge in [-0.05, 0) is 17.2 Å². The van der Waals surface area contributed by atoms with Crippen LogP contribution in [0.4, 0.5) is 0 Å². The first-order chi connectivity index (χ1) is 11.9. The van der Waals surface area contributed by atoms with Gasteiger partial charge in [0.1, 0.15) is 4.90 Å². The summed E-state index contributed by atoms with van der Waals surface area (Å²) in [6, 6.07) is 20.2. The molecule has 6 heteroatoms. The van der Waals surface area contributed by atoms with Crippen molar-refractivity contribution < 1.29 is 17.8 Å². The number of nitrogens with two attached hydrogens (primary N) is 1. The van der Waals surface area contributed by atoms with Gasteiger partial charge in [-0.25, -0.2) is 0 Å². The number of hydrogen-bond acceptors (Lipinski definition) is 3. The number of rotatable bonds is 4. The molecule has 126 valence electrons. The Morgan fingerprint density at radius 1 is 0.800 bits per heavy atom. The van der Waals surface area contributed by atoms with Crippen molar-refractivity contribution in [3.63, 3.8) is 0 Å². The van der Waals surface area contributed by atoms with Crippen molar-refractivity contribution in [2.24, 2.45) is 5.73 Å². The fourth-order valence-corrected chi connectivity index (χ4v) is 3.74. The van der Waals surface area contributed by atoms with Crippen LogP contribution in [0.25, 0.3) is 22.3 Å². The average molecular weight is 353 g/mol. The number of primary amides is 1. The highest BCUT2D eigenvalue weighted by molar-refractivity contribution is 7.86. The van der Waals surface area contributed by atoms with E-state index in [9.17, 15) is 17.8 Å². The summed E-state index contributed by atoms with van der Waals surface area (Å²) in [6.07, 6.45) is 0.